The molecule has 1 aliphatic heterocycles. The van der Waals surface area contributed by atoms with E-state index in [9.17, 15) is 0 Å². The van der Waals surface area contributed by atoms with E-state index in [0.717, 1.165) is 18.0 Å². The Balaban J connectivity index is 2.29. The van der Waals surface area contributed by atoms with Gasteiger partial charge in [-0.15, -0.1) is 0 Å². The van der Waals surface area contributed by atoms with Crippen LogP contribution in [0.4, 0.5) is 0 Å². The Morgan fingerprint density at radius 3 is 2.73 bits per heavy atom. The molecule has 1 aliphatic rings. The van der Waals surface area contributed by atoms with Crippen LogP contribution >= 0.6 is 0 Å². The number of hydrogen-bond acceptors (Lipinski definition) is 3. The van der Waals surface area contributed by atoms with Crippen LogP contribution in [0.15, 0.2) is 18.2 Å². The number of rotatable bonds is 3. The van der Waals surface area contributed by atoms with Gasteiger partial charge in [0.1, 0.15) is 11.5 Å². The summed E-state index contributed by atoms with van der Waals surface area (Å²) in [6.45, 7) is 1.10. The molecule has 3 nitrogen and oxygen atoms in total. The summed E-state index contributed by atoms with van der Waals surface area (Å²) < 4.78 is 10.6. The van der Waals surface area contributed by atoms with Crippen LogP contribution in [0.25, 0.3) is 0 Å². The molecule has 1 N–H and O–H groups in total. The lowest BCUT2D eigenvalue weighted by Gasteiger charge is -2.15. The zero-order valence-electron chi connectivity index (χ0n) is 9.25. The van der Waals surface area contributed by atoms with Gasteiger partial charge in [-0.05, 0) is 25.5 Å². The second-order valence-corrected chi connectivity index (χ2v) is 3.76. The van der Waals surface area contributed by atoms with E-state index in [1.807, 2.05) is 12.1 Å². The first-order chi connectivity index (χ1) is 7.35. The van der Waals surface area contributed by atoms with Gasteiger partial charge in [0.25, 0.3) is 0 Å². The monoisotopic (exact) mass is 207 g/mol. The maximum atomic E-state index is 5.38. The van der Waals surface area contributed by atoms with E-state index in [1.165, 1.54) is 18.4 Å². The van der Waals surface area contributed by atoms with E-state index < -0.39 is 0 Å². The number of ether oxygens (including phenoxy) is 2. The van der Waals surface area contributed by atoms with E-state index in [2.05, 4.69) is 11.4 Å². The van der Waals surface area contributed by atoms with Gasteiger partial charge < -0.3 is 14.8 Å². The lowest BCUT2D eigenvalue weighted by molar-refractivity contribution is 0.387. The molecular weight excluding hydrogens is 190 g/mol. The van der Waals surface area contributed by atoms with E-state index in [0.29, 0.717) is 6.04 Å². The van der Waals surface area contributed by atoms with Gasteiger partial charge in [0.15, 0.2) is 0 Å². The van der Waals surface area contributed by atoms with Crippen LogP contribution in [0.1, 0.15) is 24.4 Å². The summed E-state index contributed by atoms with van der Waals surface area (Å²) in [5, 5.41) is 3.46. The molecule has 2 rings (SSSR count). The Labute approximate surface area is 90.4 Å². The first kappa shape index (κ1) is 10.3. The molecule has 0 radical (unpaired) electrons. The molecule has 0 spiro atoms. The van der Waals surface area contributed by atoms with Crippen LogP contribution in [-0.2, 0) is 0 Å². The van der Waals surface area contributed by atoms with Crippen molar-refractivity contribution in [1.29, 1.82) is 0 Å². The molecule has 0 aliphatic carbocycles. The SMILES string of the molecule is COc1ccc([C@H]2CCCN2)c(OC)c1. The lowest BCUT2D eigenvalue weighted by atomic mass is 10.0. The summed E-state index contributed by atoms with van der Waals surface area (Å²) in [5.74, 6) is 1.75. The predicted octanol–water partition coefficient (Wildman–Crippen LogP) is 2.13. The molecule has 0 unspecified atom stereocenters. The van der Waals surface area contributed by atoms with Crippen LogP contribution in [0, 0.1) is 0 Å². The van der Waals surface area contributed by atoms with Crippen molar-refractivity contribution in [3.05, 3.63) is 23.8 Å². The lowest BCUT2D eigenvalue weighted by Crippen LogP contribution is -2.13. The van der Waals surface area contributed by atoms with Crippen molar-refractivity contribution in [3.8, 4) is 11.5 Å². The van der Waals surface area contributed by atoms with Gasteiger partial charge >= 0.3 is 0 Å². The number of methoxy groups -OCH3 is 2. The Hall–Kier alpha value is -1.22. The fourth-order valence-corrected chi connectivity index (χ4v) is 2.06. The van der Waals surface area contributed by atoms with Crippen molar-refractivity contribution in [2.45, 2.75) is 18.9 Å². The maximum Gasteiger partial charge on any atom is 0.127 e. The molecule has 1 aromatic rings. The zero-order valence-corrected chi connectivity index (χ0v) is 9.25. The molecule has 0 saturated carbocycles. The second-order valence-electron chi connectivity index (χ2n) is 3.76. The predicted molar refractivity (Wildman–Crippen MR) is 59.5 cm³/mol. The van der Waals surface area contributed by atoms with Gasteiger partial charge in [-0.25, -0.2) is 0 Å². The van der Waals surface area contributed by atoms with E-state index in [4.69, 9.17) is 9.47 Å². The van der Waals surface area contributed by atoms with Crippen LogP contribution in [-0.4, -0.2) is 20.8 Å². The standard InChI is InChI=1S/C12H17NO2/c1-14-9-5-6-10(12(8-9)15-2)11-4-3-7-13-11/h5-6,8,11,13H,3-4,7H2,1-2H3/t11-/m1/s1. The van der Waals surface area contributed by atoms with E-state index in [1.54, 1.807) is 14.2 Å². The summed E-state index contributed by atoms with van der Waals surface area (Å²) in [6, 6.07) is 6.44. The minimum absolute atomic E-state index is 0.436. The first-order valence-corrected chi connectivity index (χ1v) is 5.30. The Bertz CT molecular complexity index is 332. The Kier molecular flexibility index (Phi) is 3.11. The summed E-state index contributed by atoms with van der Waals surface area (Å²) in [6.07, 6.45) is 2.42. The minimum atomic E-state index is 0.436. The third-order valence-electron chi connectivity index (χ3n) is 2.88. The highest BCUT2D eigenvalue weighted by molar-refractivity contribution is 5.42. The number of benzene rings is 1. The van der Waals surface area contributed by atoms with E-state index >= 15 is 0 Å². The van der Waals surface area contributed by atoms with Crippen LogP contribution < -0.4 is 14.8 Å². The fourth-order valence-electron chi connectivity index (χ4n) is 2.06. The van der Waals surface area contributed by atoms with Crippen LogP contribution in [0.2, 0.25) is 0 Å². The van der Waals surface area contributed by atoms with Crippen molar-refractivity contribution < 1.29 is 9.47 Å². The average Bonchev–Trinajstić information content (AvgIpc) is 2.81. The van der Waals surface area contributed by atoms with Gasteiger partial charge in [-0.1, -0.05) is 6.07 Å². The third-order valence-corrected chi connectivity index (χ3v) is 2.88. The summed E-state index contributed by atoms with van der Waals surface area (Å²) in [7, 11) is 3.37. The highest BCUT2D eigenvalue weighted by Crippen LogP contribution is 2.33. The molecule has 0 aromatic heterocycles. The van der Waals surface area contributed by atoms with E-state index in [-0.39, 0.29) is 0 Å². The van der Waals surface area contributed by atoms with Gasteiger partial charge in [0.2, 0.25) is 0 Å². The normalized spacial score (nSPS) is 20.3. The molecule has 1 saturated heterocycles. The van der Waals surface area contributed by atoms with Crippen LogP contribution in [0.5, 0.6) is 11.5 Å². The largest absolute Gasteiger partial charge is 0.497 e. The second kappa shape index (κ2) is 4.53. The molecule has 15 heavy (non-hydrogen) atoms. The first-order valence-electron chi connectivity index (χ1n) is 5.30. The molecular formula is C12H17NO2. The highest BCUT2D eigenvalue weighted by atomic mass is 16.5. The fraction of sp³-hybridized carbons (Fsp3) is 0.500. The third kappa shape index (κ3) is 2.07. The van der Waals surface area contributed by atoms with Gasteiger partial charge in [0.05, 0.1) is 14.2 Å². The van der Waals surface area contributed by atoms with Crippen molar-refractivity contribution in [1.82, 2.24) is 5.32 Å². The molecule has 82 valence electrons. The zero-order chi connectivity index (χ0) is 10.7. The minimum Gasteiger partial charge on any atom is -0.497 e. The van der Waals surface area contributed by atoms with Gasteiger partial charge in [0, 0.05) is 17.7 Å². The maximum absolute atomic E-state index is 5.38. The average molecular weight is 207 g/mol. The van der Waals surface area contributed by atoms with Crippen molar-refractivity contribution in [2.75, 3.05) is 20.8 Å². The van der Waals surface area contributed by atoms with Crippen molar-refractivity contribution in [3.63, 3.8) is 0 Å². The summed E-state index contributed by atoms with van der Waals surface area (Å²) >= 11 is 0. The van der Waals surface area contributed by atoms with Crippen molar-refractivity contribution >= 4 is 0 Å². The topological polar surface area (TPSA) is 30.5 Å². The van der Waals surface area contributed by atoms with Gasteiger partial charge in [-0.2, -0.15) is 0 Å². The van der Waals surface area contributed by atoms with Gasteiger partial charge in [-0.3, -0.25) is 0 Å². The van der Waals surface area contributed by atoms with Crippen LogP contribution in [0.3, 0.4) is 0 Å². The Morgan fingerprint density at radius 1 is 1.27 bits per heavy atom. The molecule has 0 bridgehead atoms. The van der Waals surface area contributed by atoms with Crippen molar-refractivity contribution in [2.24, 2.45) is 0 Å². The molecule has 1 aromatic carbocycles. The molecule has 0 amide bonds. The molecule has 1 fully saturated rings. The Morgan fingerprint density at radius 2 is 2.13 bits per heavy atom. The highest BCUT2D eigenvalue weighted by Gasteiger charge is 2.19. The number of hydrogen-bond donors (Lipinski definition) is 1. The number of nitrogens with one attached hydrogen (secondary N) is 1. The summed E-state index contributed by atoms with van der Waals surface area (Å²) in [5.41, 5.74) is 1.23. The molecule has 1 atom stereocenters. The molecule has 3 heteroatoms. The smallest absolute Gasteiger partial charge is 0.127 e. The summed E-state index contributed by atoms with van der Waals surface area (Å²) in [4.78, 5) is 0. The molecule has 1 heterocycles. The quantitative estimate of drug-likeness (QED) is 0.823.